The molecule has 0 spiro atoms. The molecule has 0 amide bonds. The number of hydrogen-bond donors (Lipinski definition) is 1. The molecule has 2 rings (SSSR count). The molecule has 0 saturated carbocycles. The van der Waals surface area contributed by atoms with Crippen molar-refractivity contribution in [1.29, 1.82) is 0 Å². The van der Waals surface area contributed by atoms with Crippen LogP contribution in [0.3, 0.4) is 0 Å². The van der Waals surface area contributed by atoms with E-state index in [1.807, 2.05) is 18.2 Å². The first-order valence-electron chi connectivity index (χ1n) is 7.69. The van der Waals surface area contributed by atoms with Crippen molar-refractivity contribution in [2.75, 3.05) is 6.61 Å². The number of benzene rings is 1. The highest BCUT2D eigenvalue weighted by atomic mass is 16.5. The predicted molar refractivity (Wildman–Crippen MR) is 87.3 cm³/mol. The number of hydrogen-bond acceptors (Lipinski definition) is 3. The summed E-state index contributed by atoms with van der Waals surface area (Å²) in [5.41, 5.74) is 2.17. The lowest BCUT2D eigenvalue weighted by Crippen LogP contribution is -2.35. The topological polar surface area (TPSA) is 34.4 Å². The molecule has 0 aliphatic heterocycles. The van der Waals surface area contributed by atoms with E-state index in [1.165, 1.54) is 5.56 Å². The van der Waals surface area contributed by atoms with Gasteiger partial charge in [-0.2, -0.15) is 0 Å². The van der Waals surface area contributed by atoms with E-state index in [-0.39, 0.29) is 5.54 Å². The van der Waals surface area contributed by atoms with E-state index >= 15 is 0 Å². The van der Waals surface area contributed by atoms with Gasteiger partial charge in [0.25, 0.3) is 0 Å². The molecule has 1 N–H and O–H groups in total. The summed E-state index contributed by atoms with van der Waals surface area (Å²) in [6.45, 7) is 12.9. The summed E-state index contributed by atoms with van der Waals surface area (Å²) < 4.78 is 11.8. The molecular formula is C18H27NO2. The van der Waals surface area contributed by atoms with Crippen molar-refractivity contribution in [3.8, 4) is 0 Å². The minimum Gasteiger partial charge on any atom is -0.459 e. The first-order valence-corrected chi connectivity index (χ1v) is 7.69. The molecule has 1 aromatic heterocycles. The highest BCUT2D eigenvalue weighted by molar-refractivity contribution is 5.82. The average Bonchev–Trinajstić information content (AvgIpc) is 2.74. The Bertz CT molecular complexity index is 578. The molecule has 0 bridgehead atoms. The minimum absolute atomic E-state index is 0.0645. The predicted octanol–water partition coefficient (Wildman–Crippen LogP) is 4.49. The molecule has 0 radical (unpaired) electrons. The number of fused-ring (bicyclic) bond motifs is 1. The molecular weight excluding hydrogens is 262 g/mol. The molecule has 3 nitrogen and oxygen atoms in total. The molecule has 21 heavy (non-hydrogen) atoms. The van der Waals surface area contributed by atoms with E-state index in [0.29, 0.717) is 12.5 Å². The SMILES string of the molecule is CC(C)COCc1c(CNC(C)(C)C)oc2ccccc12. The van der Waals surface area contributed by atoms with Crippen molar-refractivity contribution < 1.29 is 9.15 Å². The zero-order valence-electron chi connectivity index (χ0n) is 13.8. The molecule has 3 heteroatoms. The summed E-state index contributed by atoms with van der Waals surface area (Å²) in [4.78, 5) is 0. The second-order valence-electron chi connectivity index (χ2n) is 7.01. The maximum Gasteiger partial charge on any atom is 0.134 e. The average molecular weight is 289 g/mol. The number of furan rings is 1. The Morgan fingerprint density at radius 2 is 1.90 bits per heavy atom. The van der Waals surface area contributed by atoms with E-state index in [9.17, 15) is 0 Å². The van der Waals surface area contributed by atoms with Crippen LogP contribution in [0.1, 0.15) is 45.9 Å². The van der Waals surface area contributed by atoms with Gasteiger partial charge in [0.05, 0.1) is 13.2 Å². The Morgan fingerprint density at radius 3 is 2.57 bits per heavy atom. The molecule has 0 aliphatic carbocycles. The van der Waals surface area contributed by atoms with Gasteiger partial charge in [-0.1, -0.05) is 32.0 Å². The summed E-state index contributed by atoms with van der Waals surface area (Å²) >= 11 is 0. The summed E-state index contributed by atoms with van der Waals surface area (Å²) in [5.74, 6) is 1.52. The fourth-order valence-corrected chi connectivity index (χ4v) is 2.19. The molecule has 0 saturated heterocycles. The number of rotatable bonds is 6. The van der Waals surface area contributed by atoms with E-state index < -0.39 is 0 Å². The number of para-hydroxylation sites is 1. The maximum atomic E-state index is 6.01. The van der Waals surface area contributed by atoms with Gasteiger partial charge in [0.15, 0.2) is 0 Å². The fourth-order valence-electron chi connectivity index (χ4n) is 2.19. The normalized spacial score (nSPS) is 12.5. The van der Waals surface area contributed by atoms with Gasteiger partial charge in [0, 0.05) is 23.1 Å². The first-order chi connectivity index (χ1) is 9.87. The fraction of sp³-hybridized carbons (Fsp3) is 0.556. The molecule has 0 unspecified atom stereocenters. The molecule has 1 aromatic carbocycles. The van der Waals surface area contributed by atoms with Crippen LogP contribution in [0.4, 0.5) is 0 Å². The molecule has 0 atom stereocenters. The Balaban J connectivity index is 2.21. The van der Waals surface area contributed by atoms with Gasteiger partial charge in [-0.05, 0) is 32.8 Å². The first kappa shape index (κ1) is 16.1. The Morgan fingerprint density at radius 1 is 1.19 bits per heavy atom. The Labute approximate surface area is 127 Å². The molecule has 2 aromatic rings. The highest BCUT2D eigenvalue weighted by Gasteiger charge is 2.16. The Kier molecular flexibility index (Phi) is 5.07. The Hall–Kier alpha value is -1.32. The summed E-state index contributed by atoms with van der Waals surface area (Å²) in [7, 11) is 0. The zero-order valence-corrected chi connectivity index (χ0v) is 13.8. The van der Waals surface area contributed by atoms with Crippen LogP contribution in [0.5, 0.6) is 0 Å². The number of ether oxygens (including phenoxy) is 1. The standard InChI is InChI=1S/C18H27NO2/c1-13(2)11-20-12-15-14-8-6-7-9-16(14)21-17(15)10-19-18(3,4)5/h6-9,13,19H,10-12H2,1-5H3. The lowest BCUT2D eigenvalue weighted by Gasteiger charge is -2.20. The van der Waals surface area contributed by atoms with Gasteiger partial charge >= 0.3 is 0 Å². The van der Waals surface area contributed by atoms with Crippen LogP contribution in [0.2, 0.25) is 0 Å². The van der Waals surface area contributed by atoms with Crippen molar-refractivity contribution in [3.63, 3.8) is 0 Å². The van der Waals surface area contributed by atoms with Gasteiger partial charge in [-0.25, -0.2) is 0 Å². The lowest BCUT2D eigenvalue weighted by atomic mass is 10.1. The van der Waals surface area contributed by atoms with Crippen molar-refractivity contribution in [3.05, 3.63) is 35.6 Å². The molecule has 1 heterocycles. The minimum atomic E-state index is 0.0645. The largest absolute Gasteiger partial charge is 0.459 e. The van der Waals surface area contributed by atoms with Crippen LogP contribution < -0.4 is 5.32 Å². The van der Waals surface area contributed by atoms with Gasteiger partial charge in [0.1, 0.15) is 11.3 Å². The van der Waals surface area contributed by atoms with Crippen LogP contribution >= 0.6 is 0 Å². The monoisotopic (exact) mass is 289 g/mol. The summed E-state index contributed by atoms with van der Waals surface area (Å²) in [6.07, 6.45) is 0. The number of nitrogens with one attached hydrogen (secondary N) is 1. The third-order valence-electron chi connectivity index (χ3n) is 3.26. The van der Waals surface area contributed by atoms with E-state index in [4.69, 9.17) is 9.15 Å². The summed E-state index contributed by atoms with van der Waals surface area (Å²) in [6, 6.07) is 8.17. The second kappa shape index (κ2) is 6.63. The van der Waals surface area contributed by atoms with Crippen molar-refractivity contribution in [1.82, 2.24) is 5.32 Å². The van der Waals surface area contributed by atoms with E-state index in [1.54, 1.807) is 0 Å². The zero-order chi connectivity index (χ0) is 15.5. The van der Waals surface area contributed by atoms with Crippen LogP contribution in [0.15, 0.2) is 28.7 Å². The summed E-state index contributed by atoms with van der Waals surface area (Å²) in [5, 5.41) is 4.65. The third kappa shape index (κ3) is 4.58. The highest BCUT2D eigenvalue weighted by Crippen LogP contribution is 2.27. The lowest BCUT2D eigenvalue weighted by molar-refractivity contribution is 0.0964. The third-order valence-corrected chi connectivity index (χ3v) is 3.26. The molecule has 0 aliphatic rings. The van der Waals surface area contributed by atoms with Crippen LogP contribution in [-0.2, 0) is 17.9 Å². The quantitative estimate of drug-likeness (QED) is 0.850. The molecule has 0 fully saturated rings. The smallest absolute Gasteiger partial charge is 0.134 e. The molecule has 116 valence electrons. The maximum absolute atomic E-state index is 6.01. The van der Waals surface area contributed by atoms with Crippen molar-refractivity contribution in [2.24, 2.45) is 5.92 Å². The van der Waals surface area contributed by atoms with Gasteiger partial charge in [-0.15, -0.1) is 0 Å². The second-order valence-corrected chi connectivity index (χ2v) is 7.01. The van der Waals surface area contributed by atoms with Crippen LogP contribution in [-0.4, -0.2) is 12.1 Å². The van der Waals surface area contributed by atoms with Crippen molar-refractivity contribution in [2.45, 2.75) is 53.3 Å². The van der Waals surface area contributed by atoms with Crippen molar-refractivity contribution >= 4 is 11.0 Å². The van der Waals surface area contributed by atoms with Gasteiger partial charge in [0.2, 0.25) is 0 Å². The van der Waals surface area contributed by atoms with Gasteiger partial charge in [-0.3, -0.25) is 0 Å². The van der Waals surface area contributed by atoms with E-state index in [2.05, 4.69) is 46.0 Å². The van der Waals surface area contributed by atoms with Crippen LogP contribution in [0, 0.1) is 5.92 Å². The van der Waals surface area contributed by atoms with E-state index in [0.717, 1.165) is 29.9 Å². The van der Waals surface area contributed by atoms with Crippen LogP contribution in [0.25, 0.3) is 11.0 Å². The van der Waals surface area contributed by atoms with Gasteiger partial charge < -0.3 is 14.5 Å².